The third kappa shape index (κ3) is 5.07. The summed E-state index contributed by atoms with van der Waals surface area (Å²) in [6, 6.07) is 4.31. The predicted octanol–water partition coefficient (Wildman–Crippen LogP) is 1.24. The van der Waals surface area contributed by atoms with Crippen LogP contribution >= 0.6 is 12.4 Å². The summed E-state index contributed by atoms with van der Waals surface area (Å²) < 4.78 is 32.7. The molecule has 7 nitrogen and oxygen atoms in total. The summed E-state index contributed by atoms with van der Waals surface area (Å²) >= 11 is 0. The van der Waals surface area contributed by atoms with Crippen LogP contribution in [-0.4, -0.2) is 58.1 Å². The number of sulfonamides is 1. The van der Waals surface area contributed by atoms with Gasteiger partial charge in [0, 0.05) is 37.3 Å². The van der Waals surface area contributed by atoms with E-state index in [9.17, 15) is 13.2 Å². The standard InChI is InChI=1S/C16H25N3O4S.ClH/c1-11(2)18-24(21,22)15-9-13(5-6-14(15)23-4)16(20)19-8-7-17-10-12(19)3;/h5-6,9,11-12,17-18H,7-8,10H2,1-4H3;1H/t12-;/m1./s1. The highest BCUT2D eigenvalue weighted by Gasteiger charge is 2.27. The number of hydrogen-bond donors (Lipinski definition) is 2. The zero-order valence-corrected chi connectivity index (χ0v) is 16.5. The summed E-state index contributed by atoms with van der Waals surface area (Å²) in [5, 5.41) is 3.23. The first-order valence-corrected chi connectivity index (χ1v) is 9.46. The molecule has 0 aromatic heterocycles. The number of benzene rings is 1. The van der Waals surface area contributed by atoms with Gasteiger partial charge in [0.1, 0.15) is 10.6 Å². The zero-order valence-electron chi connectivity index (χ0n) is 14.9. The highest BCUT2D eigenvalue weighted by atomic mass is 35.5. The summed E-state index contributed by atoms with van der Waals surface area (Å²) in [6.07, 6.45) is 0. The molecule has 9 heteroatoms. The minimum atomic E-state index is -3.76. The lowest BCUT2D eigenvalue weighted by atomic mass is 10.1. The molecule has 1 aromatic carbocycles. The van der Waals surface area contributed by atoms with Crippen molar-refractivity contribution < 1.29 is 17.9 Å². The maximum Gasteiger partial charge on any atom is 0.254 e. The van der Waals surface area contributed by atoms with Crippen molar-refractivity contribution in [3.63, 3.8) is 0 Å². The van der Waals surface area contributed by atoms with Crippen molar-refractivity contribution in [3.8, 4) is 5.75 Å². The maximum atomic E-state index is 12.8. The molecule has 1 fully saturated rings. The van der Waals surface area contributed by atoms with Crippen LogP contribution in [0.3, 0.4) is 0 Å². The topological polar surface area (TPSA) is 87.7 Å². The number of carbonyl (C=O) groups is 1. The van der Waals surface area contributed by atoms with Crippen LogP contribution < -0.4 is 14.8 Å². The molecule has 0 spiro atoms. The Balaban J connectivity index is 0.00000312. The first kappa shape index (κ1) is 21.7. The van der Waals surface area contributed by atoms with Crippen molar-refractivity contribution in [3.05, 3.63) is 23.8 Å². The number of ether oxygens (including phenoxy) is 1. The van der Waals surface area contributed by atoms with E-state index in [1.807, 2.05) is 6.92 Å². The van der Waals surface area contributed by atoms with E-state index in [1.54, 1.807) is 24.8 Å². The SMILES string of the molecule is COc1ccc(C(=O)N2CCNC[C@H]2C)cc1S(=O)(=O)NC(C)C.Cl. The van der Waals surface area contributed by atoms with E-state index in [0.29, 0.717) is 12.1 Å². The van der Waals surface area contributed by atoms with E-state index in [4.69, 9.17) is 4.74 Å². The van der Waals surface area contributed by atoms with Gasteiger partial charge in [-0.2, -0.15) is 0 Å². The minimum Gasteiger partial charge on any atom is -0.495 e. The van der Waals surface area contributed by atoms with Crippen LogP contribution in [0.2, 0.25) is 0 Å². The Hall–Kier alpha value is -1.35. The van der Waals surface area contributed by atoms with Crippen molar-refractivity contribution >= 4 is 28.3 Å². The molecule has 1 heterocycles. The normalized spacial score (nSPS) is 18.0. The lowest BCUT2D eigenvalue weighted by molar-refractivity contribution is 0.0655. The van der Waals surface area contributed by atoms with Gasteiger partial charge in [-0.1, -0.05) is 0 Å². The number of piperazine rings is 1. The van der Waals surface area contributed by atoms with Crippen molar-refractivity contribution in [1.82, 2.24) is 14.9 Å². The monoisotopic (exact) mass is 391 g/mol. The van der Waals surface area contributed by atoms with Gasteiger partial charge in [0.25, 0.3) is 5.91 Å². The van der Waals surface area contributed by atoms with Crippen LogP contribution in [0.15, 0.2) is 23.1 Å². The number of carbonyl (C=O) groups excluding carboxylic acids is 1. The summed E-state index contributed by atoms with van der Waals surface area (Å²) in [7, 11) is -2.35. The molecule has 2 N–H and O–H groups in total. The van der Waals surface area contributed by atoms with E-state index < -0.39 is 10.0 Å². The van der Waals surface area contributed by atoms with Crippen LogP contribution in [0.1, 0.15) is 31.1 Å². The molecule has 1 aromatic rings. The van der Waals surface area contributed by atoms with E-state index in [2.05, 4.69) is 10.0 Å². The Kier molecular flexibility index (Phi) is 7.67. The number of amides is 1. The van der Waals surface area contributed by atoms with E-state index in [1.165, 1.54) is 19.2 Å². The second kappa shape index (κ2) is 8.84. The van der Waals surface area contributed by atoms with Crippen molar-refractivity contribution in [1.29, 1.82) is 0 Å². The molecular formula is C16H26ClN3O4S. The van der Waals surface area contributed by atoms with E-state index in [0.717, 1.165) is 13.1 Å². The van der Waals surface area contributed by atoms with Gasteiger partial charge in [-0.15, -0.1) is 12.4 Å². The minimum absolute atomic E-state index is 0. The lowest BCUT2D eigenvalue weighted by Crippen LogP contribution is -2.52. The van der Waals surface area contributed by atoms with Gasteiger partial charge in [0.15, 0.2) is 0 Å². The molecule has 1 saturated heterocycles. The molecule has 0 unspecified atom stereocenters. The average Bonchev–Trinajstić information content (AvgIpc) is 2.53. The summed E-state index contributed by atoms with van der Waals surface area (Å²) in [4.78, 5) is 14.5. The number of nitrogens with zero attached hydrogens (tertiary/aromatic N) is 1. The van der Waals surface area contributed by atoms with Gasteiger partial charge in [0.05, 0.1) is 7.11 Å². The van der Waals surface area contributed by atoms with Gasteiger partial charge < -0.3 is 15.0 Å². The highest BCUT2D eigenvalue weighted by molar-refractivity contribution is 7.89. The van der Waals surface area contributed by atoms with Gasteiger partial charge in [0.2, 0.25) is 10.0 Å². The fourth-order valence-electron chi connectivity index (χ4n) is 2.70. The third-order valence-electron chi connectivity index (χ3n) is 3.85. The molecule has 0 saturated carbocycles. The van der Waals surface area contributed by atoms with Crippen molar-refractivity contribution in [2.24, 2.45) is 0 Å². The fourth-order valence-corrected chi connectivity index (χ4v) is 4.15. The number of rotatable bonds is 5. The quantitative estimate of drug-likeness (QED) is 0.788. The van der Waals surface area contributed by atoms with Gasteiger partial charge in [-0.3, -0.25) is 4.79 Å². The summed E-state index contributed by atoms with van der Waals surface area (Å²) in [5.74, 6) is 0.0423. The van der Waals surface area contributed by atoms with Crippen LogP contribution in [0, 0.1) is 0 Å². The third-order valence-corrected chi connectivity index (χ3v) is 5.53. The summed E-state index contributed by atoms with van der Waals surface area (Å²) in [6.45, 7) is 7.49. The van der Waals surface area contributed by atoms with Gasteiger partial charge in [-0.25, -0.2) is 13.1 Å². The van der Waals surface area contributed by atoms with Crippen molar-refractivity contribution in [2.45, 2.75) is 37.8 Å². The molecule has 0 aliphatic carbocycles. The Morgan fingerprint density at radius 3 is 2.64 bits per heavy atom. The first-order valence-electron chi connectivity index (χ1n) is 7.98. The van der Waals surface area contributed by atoms with Gasteiger partial charge >= 0.3 is 0 Å². The molecule has 25 heavy (non-hydrogen) atoms. The number of hydrogen-bond acceptors (Lipinski definition) is 5. The van der Waals surface area contributed by atoms with E-state index >= 15 is 0 Å². The maximum absolute atomic E-state index is 12.8. The molecule has 2 rings (SSSR count). The predicted molar refractivity (Wildman–Crippen MR) is 99.1 cm³/mol. The largest absolute Gasteiger partial charge is 0.495 e. The average molecular weight is 392 g/mol. The Bertz CT molecular complexity index is 709. The lowest BCUT2D eigenvalue weighted by Gasteiger charge is -2.34. The van der Waals surface area contributed by atoms with Crippen LogP contribution in [0.25, 0.3) is 0 Å². The van der Waals surface area contributed by atoms with E-state index in [-0.39, 0.29) is 41.0 Å². The van der Waals surface area contributed by atoms with Crippen LogP contribution in [-0.2, 0) is 10.0 Å². The Morgan fingerprint density at radius 2 is 2.08 bits per heavy atom. The number of nitrogens with one attached hydrogen (secondary N) is 2. The van der Waals surface area contributed by atoms with Crippen molar-refractivity contribution in [2.75, 3.05) is 26.7 Å². The second-order valence-electron chi connectivity index (χ2n) is 6.19. The highest BCUT2D eigenvalue weighted by Crippen LogP contribution is 2.26. The second-order valence-corrected chi connectivity index (χ2v) is 7.88. The fraction of sp³-hybridized carbons (Fsp3) is 0.562. The van der Waals surface area contributed by atoms with Crippen LogP contribution in [0.5, 0.6) is 5.75 Å². The molecule has 1 aliphatic heterocycles. The number of methoxy groups -OCH3 is 1. The summed E-state index contributed by atoms with van der Waals surface area (Å²) in [5.41, 5.74) is 0.341. The van der Waals surface area contributed by atoms with Gasteiger partial charge in [-0.05, 0) is 39.0 Å². The molecule has 142 valence electrons. The molecular weight excluding hydrogens is 366 g/mol. The van der Waals surface area contributed by atoms with Crippen LogP contribution in [0.4, 0.5) is 0 Å². The molecule has 0 radical (unpaired) electrons. The Labute approximate surface area is 155 Å². The number of halogens is 1. The first-order chi connectivity index (χ1) is 11.3. The molecule has 1 atom stereocenters. The smallest absolute Gasteiger partial charge is 0.254 e. The molecule has 0 bridgehead atoms. The molecule has 1 amide bonds. The Morgan fingerprint density at radius 1 is 1.40 bits per heavy atom. The zero-order chi connectivity index (χ0) is 17.9. The molecule has 1 aliphatic rings.